The molecule has 734 valence electrons. The number of sulfonamides is 1. The first-order chi connectivity index (χ1) is 66.5. The van der Waals surface area contributed by atoms with Crippen molar-refractivity contribution in [2.45, 2.75) is 207 Å². The monoisotopic (exact) mass is 1970 g/mol. The standard InChI is InChI=1S/C26H33NO3.C25H25NO4.C24H28O.C21H25NO4.C20H25BrN2O4S/c1-18(28)22-14-15-25(30-4)23(16-22)17-24(27(2)3)26(29)21-12-10-20(11-13-21)19-8-6-5-7-9-19;1-2-14-29-21-10-11-22(24(28)19-8-4-3-5-9-19)23(15-21)30-17-20(27)16-25(18-26)12-6-7-13-25;1-16(2)21-14-9-17(3)24(23(21)25)15-22(24)20-12-10-19(11-13-20)18-7-5-4-6-8-18;1-4-6-17-13-19(25-5-2)11-12-20(17)26-15-21(23)22-14-16-7-9-18(24-3)10-8-16;1-13-10-11-17(15(21)12-13)27-14(2)19(24)22-16-8-6-7-9-18(16)28(25,26)23-20(3,4)5/h10-16,19,24H,5-9,17H2,1-4H3;2-5,8-11,15H,1,6-7,12-14,16-17H2;4-8,10-13,16-17,22,25H,9,14-15H2,1-3H3;4,7-13H,1,5-6,14-15H2,2-3H3,(H,22,23);6-12,14,23H,1-5H3,(H,22,24). The number of rotatable bonds is 37. The zero-order chi connectivity index (χ0) is 101. The van der Waals surface area contributed by atoms with E-state index < -0.39 is 33.0 Å². The highest BCUT2D eigenvalue weighted by molar-refractivity contribution is 9.10. The van der Waals surface area contributed by atoms with E-state index in [-0.39, 0.29) is 76.5 Å². The number of amides is 2. The Balaban J connectivity index is 0.000000179. The largest absolute Gasteiger partial charge is 0.512 e. The summed E-state index contributed by atoms with van der Waals surface area (Å²) in [6, 6.07) is 73.9. The Hall–Kier alpha value is -12.7. The molecule has 0 aliphatic heterocycles. The number of nitrogens with zero attached hydrogens (tertiary/aromatic N) is 2. The minimum atomic E-state index is -3.80. The third kappa shape index (κ3) is 30.9. The number of halogens is 1. The molecule has 10 aromatic carbocycles. The topological polar surface area (TPSA) is 285 Å². The number of methoxy groups -OCH3 is 2. The van der Waals surface area contributed by atoms with Crippen LogP contribution in [0.3, 0.4) is 0 Å². The molecule has 139 heavy (non-hydrogen) atoms. The van der Waals surface area contributed by atoms with Crippen molar-refractivity contribution in [3.05, 3.63) is 327 Å². The molecule has 4 aliphatic carbocycles. The van der Waals surface area contributed by atoms with E-state index in [0.29, 0.717) is 96.0 Å². The molecule has 0 heterocycles. The Bertz CT molecular complexity index is 6020. The van der Waals surface area contributed by atoms with Crippen LogP contribution in [0.1, 0.15) is 228 Å². The number of nitriles is 1. The van der Waals surface area contributed by atoms with Crippen molar-refractivity contribution in [3.63, 3.8) is 0 Å². The fourth-order valence-corrected chi connectivity index (χ4v) is 20.1. The number of aliphatic hydroxyl groups is 1. The van der Waals surface area contributed by atoms with Gasteiger partial charge in [0.05, 0.1) is 59.8 Å². The molecule has 0 aromatic heterocycles. The van der Waals surface area contributed by atoms with Gasteiger partial charge in [0.25, 0.3) is 11.8 Å². The van der Waals surface area contributed by atoms with Gasteiger partial charge in [-0.05, 0) is 289 Å². The number of aliphatic hydroxyl groups excluding tert-OH is 1. The van der Waals surface area contributed by atoms with Crippen LogP contribution in [-0.4, -0.2) is 126 Å². The molecule has 0 bridgehead atoms. The molecular weight excluding hydrogens is 1830 g/mol. The van der Waals surface area contributed by atoms with Gasteiger partial charge >= 0.3 is 0 Å². The number of nitrogens with one attached hydrogen (secondary N) is 3. The average Bonchev–Trinajstić information content (AvgIpc) is 1.54. The van der Waals surface area contributed by atoms with Crippen molar-refractivity contribution in [2.24, 2.45) is 22.7 Å². The maximum absolute atomic E-state index is 13.3. The minimum Gasteiger partial charge on any atom is -0.512 e. The molecule has 0 radical (unpaired) electrons. The molecule has 14 rings (SSSR count). The third-order valence-corrected chi connectivity index (χ3v) is 28.0. The minimum absolute atomic E-state index is 0.00184. The summed E-state index contributed by atoms with van der Waals surface area (Å²) in [6.07, 6.45) is 17.1. The fourth-order valence-electron chi connectivity index (χ4n) is 17.9. The number of aryl methyl sites for hydroxylation is 1. The van der Waals surface area contributed by atoms with Crippen LogP contribution in [0.4, 0.5) is 5.69 Å². The number of carbonyl (C=O) groups excluding carboxylic acids is 6. The highest BCUT2D eigenvalue weighted by atomic mass is 79.9. The summed E-state index contributed by atoms with van der Waals surface area (Å²) in [5, 5.41) is 26.0. The summed E-state index contributed by atoms with van der Waals surface area (Å²) in [6.45, 7) is 27.5. The molecule has 0 saturated heterocycles. The van der Waals surface area contributed by atoms with Gasteiger partial charge in [0.15, 0.2) is 35.8 Å². The molecule has 21 nitrogen and oxygen atoms in total. The normalized spacial score (nSPS) is 16.2. The summed E-state index contributed by atoms with van der Waals surface area (Å²) >= 11 is 3.41. The molecule has 10 aromatic rings. The highest BCUT2D eigenvalue weighted by Crippen LogP contribution is 2.70. The number of allylic oxidation sites excluding steroid dienone is 3. The van der Waals surface area contributed by atoms with E-state index in [4.69, 9.17) is 33.2 Å². The predicted molar refractivity (Wildman–Crippen MR) is 555 cm³/mol. The Morgan fingerprint density at radius 1 is 0.640 bits per heavy atom. The van der Waals surface area contributed by atoms with E-state index in [1.54, 1.807) is 134 Å². The van der Waals surface area contributed by atoms with Gasteiger partial charge in [-0.2, -0.15) is 5.26 Å². The van der Waals surface area contributed by atoms with Crippen LogP contribution < -0.4 is 48.5 Å². The van der Waals surface area contributed by atoms with E-state index >= 15 is 0 Å². The first kappa shape index (κ1) is 108. The van der Waals surface area contributed by atoms with Crippen molar-refractivity contribution in [1.82, 2.24) is 14.9 Å². The number of carbonyl (C=O) groups is 6. The molecule has 23 heteroatoms. The molecular formula is C116H136BrN5O16S. The van der Waals surface area contributed by atoms with Gasteiger partial charge < -0.3 is 48.9 Å². The van der Waals surface area contributed by atoms with Gasteiger partial charge in [-0.25, -0.2) is 13.1 Å². The lowest BCUT2D eigenvalue weighted by molar-refractivity contribution is -0.123. The first-order valence-corrected chi connectivity index (χ1v) is 50.2. The van der Waals surface area contributed by atoms with Gasteiger partial charge in [0.1, 0.15) is 58.4 Å². The van der Waals surface area contributed by atoms with Crippen molar-refractivity contribution >= 4 is 66.6 Å². The number of hydrogen-bond acceptors (Lipinski definition) is 18. The number of hydrogen-bond donors (Lipinski definition) is 4. The van der Waals surface area contributed by atoms with Gasteiger partial charge in [-0.15, -0.1) is 6.58 Å². The third-order valence-electron chi connectivity index (χ3n) is 25.6. The lowest BCUT2D eigenvalue weighted by Crippen LogP contribution is -2.41. The van der Waals surface area contributed by atoms with Crippen LogP contribution >= 0.6 is 15.9 Å². The van der Waals surface area contributed by atoms with Crippen LogP contribution in [-0.2, 0) is 43.8 Å². The number of benzene rings is 10. The highest BCUT2D eigenvalue weighted by Gasteiger charge is 2.62. The van der Waals surface area contributed by atoms with E-state index in [1.807, 2.05) is 118 Å². The zero-order valence-corrected chi connectivity index (χ0v) is 85.3. The lowest BCUT2D eigenvalue weighted by atomic mass is 9.73. The van der Waals surface area contributed by atoms with E-state index in [0.717, 1.165) is 88.1 Å². The van der Waals surface area contributed by atoms with Crippen LogP contribution in [0.2, 0.25) is 0 Å². The lowest BCUT2D eigenvalue weighted by Gasteiger charge is -2.33. The molecule has 4 N–H and O–H groups in total. The molecule has 5 unspecified atom stereocenters. The van der Waals surface area contributed by atoms with Gasteiger partial charge in [0.2, 0.25) is 10.0 Å². The Kier molecular flexibility index (Phi) is 40.4. The number of anilines is 1. The smallest absolute Gasteiger partial charge is 0.265 e. The van der Waals surface area contributed by atoms with Crippen molar-refractivity contribution in [2.75, 3.05) is 60.1 Å². The number of ether oxygens (including phenoxy) is 7. The molecule has 2 amide bonds. The Morgan fingerprint density at radius 3 is 1.87 bits per heavy atom. The second-order valence-electron chi connectivity index (χ2n) is 37.5. The van der Waals surface area contributed by atoms with E-state index in [9.17, 15) is 47.6 Å². The van der Waals surface area contributed by atoms with Crippen molar-refractivity contribution in [3.8, 4) is 57.4 Å². The first-order valence-electron chi connectivity index (χ1n) is 47.9. The summed E-state index contributed by atoms with van der Waals surface area (Å²) in [5.41, 5.74) is 11.6. The number of para-hydroxylation sites is 1. The summed E-state index contributed by atoms with van der Waals surface area (Å²) in [4.78, 5) is 77.2. The molecule has 3 saturated carbocycles. The Labute approximate surface area is 830 Å². The predicted octanol–water partition coefficient (Wildman–Crippen LogP) is 24.7. The molecule has 5 atom stereocenters. The quantitative estimate of drug-likeness (QED) is 0.0208. The van der Waals surface area contributed by atoms with E-state index in [2.05, 4.69) is 138 Å². The Morgan fingerprint density at radius 2 is 1.25 bits per heavy atom. The van der Waals surface area contributed by atoms with Crippen molar-refractivity contribution < 1.29 is 75.4 Å². The summed E-state index contributed by atoms with van der Waals surface area (Å²) < 4.78 is 67.5. The molecule has 3 fully saturated rings. The van der Waals surface area contributed by atoms with Crippen LogP contribution in [0.25, 0.3) is 11.1 Å². The molecule has 4 aliphatic rings. The average molecular weight is 1970 g/mol. The number of likely N-dealkylation sites (N-methyl/N-ethyl adjacent to an activating group) is 1. The molecule has 1 spiro atoms. The fraction of sp³-hybridized carbons (Fsp3) is 0.371. The number of Topliss-reactive ketones (excluding diaryl/α,β-unsaturated/α-hetero) is 3. The van der Waals surface area contributed by atoms with Gasteiger partial charge in [-0.1, -0.05) is 211 Å². The van der Waals surface area contributed by atoms with E-state index in [1.165, 1.54) is 72.4 Å². The van der Waals surface area contributed by atoms with Crippen LogP contribution in [0.15, 0.2) is 277 Å². The van der Waals surface area contributed by atoms with Crippen molar-refractivity contribution in [1.29, 1.82) is 5.26 Å². The SMILES string of the molecule is C=CCOc1ccc(C(=O)c2ccccc2)c(OCC(=O)CC2(C#N)CCCC2)c1.C=CCc1cc(OCC)ccc1OCC(=O)NCc1ccc(OC)cc1.CC(C)C1=C(O)C2(CC2c2ccc(-c3ccccc3)cc2)C(C)CC1.COc1ccc(C(C)=O)cc1CC(C(=O)c1ccc(C2CCCCC2)cc1)N(C)C.Cc1ccc(OC(C)C(=O)Nc2ccccc2S(=O)(=O)NC(C)(C)C)c(Br)c1. The summed E-state index contributed by atoms with van der Waals surface area (Å²) in [5.74, 6) is 6.22. The van der Waals surface area contributed by atoms with Crippen LogP contribution in [0.5, 0.6) is 40.2 Å². The van der Waals surface area contributed by atoms with Crippen LogP contribution in [0, 0.1) is 40.9 Å². The zero-order valence-electron chi connectivity index (χ0n) is 82.9. The maximum atomic E-state index is 13.3. The van der Waals surface area contributed by atoms with Gasteiger partial charge in [-0.3, -0.25) is 33.7 Å². The van der Waals surface area contributed by atoms with Gasteiger partial charge in [0, 0.05) is 52.2 Å². The summed E-state index contributed by atoms with van der Waals surface area (Å²) in [7, 11) is 3.27. The second kappa shape index (κ2) is 51.8. The number of ketones is 4. The maximum Gasteiger partial charge on any atom is 0.265 e. The second-order valence-corrected chi connectivity index (χ2v) is 40.0.